The number of anilines is 1. The fourth-order valence-corrected chi connectivity index (χ4v) is 2.55. The normalized spacial score (nSPS) is 12.4. The predicted octanol–water partition coefficient (Wildman–Crippen LogP) is 1.84. The van der Waals surface area contributed by atoms with Crippen LogP contribution in [0.25, 0.3) is 0 Å². The molecule has 0 aliphatic heterocycles. The Morgan fingerprint density at radius 3 is 2.15 bits per heavy atom. The van der Waals surface area contributed by atoms with E-state index in [1.54, 1.807) is 0 Å². The molecule has 114 valence electrons. The Balaban J connectivity index is 2.99. The molecule has 0 aliphatic carbocycles. The number of sulfone groups is 1. The first kappa shape index (κ1) is 16.8. The van der Waals surface area contributed by atoms with Gasteiger partial charge in [0.05, 0.1) is 17.3 Å². The number of aliphatic hydroxyl groups is 1. The lowest BCUT2D eigenvalue weighted by Crippen LogP contribution is -2.36. The summed E-state index contributed by atoms with van der Waals surface area (Å²) >= 11 is 0. The molecule has 0 fully saturated rings. The second kappa shape index (κ2) is 6.45. The molecule has 0 heterocycles. The van der Waals surface area contributed by atoms with E-state index in [0.29, 0.717) is 0 Å². The van der Waals surface area contributed by atoms with Gasteiger partial charge in [0, 0.05) is 12.2 Å². The van der Waals surface area contributed by atoms with Crippen LogP contribution in [-0.4, -0.2) is 45.1 Å². The maximum absolute atomic E-state index is 12.4. The van der Waals surface area contributed by atoms with Crippen LogP contribution in [0.1, 0.15) is 6.92 Å². The molecule has 0 unspecified atom stereocenters. The Morgan fingerprint density at radius 2 is 1.75 bits per heavy atom. The van der Waals surface area contributed by atoms with Crippen LogP contribution in [0.5, 0.6) is 0 Å². The highest BCUT2D eigenvalue weighted by Crippen LogP contribution is 2.23. The van der Waals surface area contributed by atoms with Gasteiger partial charge in [-0.15, -0.1) is 0 Å². The van der Waals surface area contributed by atoms with Crippen LogP contribution in [0.4, 0.5) is 18.9 Å². The summed E-state index contributed by atoms with van der Waals surface area (Å²) in [5.41, 5.74) is 0.214. The molecule has 0 bridgehead atoms. The molecular weight excluding hydrogens is 295 g/mol. The van der Waals surface area contributed by atoms with Crippen LogP contribution in [-0.2, 0) is 9.84 Å². The topological polar surface area (TPSA) is 57.6 Å². The summed E-state index contributed by atoms with van der Waals surface area (Å²) in [5.74, 6) is -0.0742. The molecule has 0 atom stereocenters. The Kier molecular flexibility index (Phi) is 5.41. The minimum atomic E-state index is -4.40. The predicted molar refractivity (Wildman–Crippen MR) is 69.5 cm³/mol. The third-order valence-corrected chi connectivity index (χ3v) is 4.43. The third kappa shape index (κ3) is 4.68. The standard InChI is InChI=1S/C12H16F3NO3S/c1-2-20(18,19)11-5-3-10(4-6-11)16(7-8-17)9-12(13,14)15/h3-6,17H,2,7-9H2,1H3. The van der Waals surface area contributed by atoms with Gasteiger partial charge in [-0.2, -0.15) is 13.2 Å². The first-order chi connectivity index (χ1) is 9.19. The zero-order valence-electron chi connectivity index (χ0n) is 10.9. The lowest BCUT2D eigenvalue weighted by atomic mass is 10.3. The first-order valence-corrected chi connectivity index (χ1v) is 7.60. The van der Waals surface area contributed by atoms with E-state index in [1.165, 1.54) is 31.2 Å². The lowest BCUT2D eigenvalue weighted by molar-refractivity contribution is -0.119. The number of alkyl halides is 3. The molecule has 20 heavy (non-hydrogen) atoms. The highest BCUT2D eigenvalue weighted by Gasteiger charge is 2.30. The van der Waals surface area contributed by atoms with Crippen molar-refractivity contribution in [2.45, 2.75) is 18.0 Å². The van der Waals surface area contributed by atoms with Crippen LogP contribution >= 0.6 is 0 Å². The number of hydrogen-bond acceptors (Lipinski definition) is 4. The van der Waals surface area contributed by atoms with Crippen molar-refractivity contribution in [2.75, 3.05) is 30.3 Å². The number of hydrogen-bond donors (Lipinski definition) is 1. The Bertz CT molecular complexity index is 526. The van der Waals surface area contributed by atoms with Gasteiger partial charge >= 0.3 is 6.18 Å². The fraction of sp³-hybridized carbons (Fsp3) is 0.500. The number of nitrogens with zero attached hydrogens (tertiary/aromatic N) is 1. The largest absolute Gasteiger partial charge is 0.405 e. The highest BCUT2D eigenvalue weighted by atomic mass is 32.2. The molecule has 1 aromatic carbocycles. The Morgan fingerprint density at radius 1 is 1.20 bits per heavy atom. The van der Waals surface area contributed by atoms with E-state index in [2.05, 4.69) is 0 Å². The number of aliphatic hydroxyl groups excluding tert-OH is 1. The van der Waals surface area contributed by atoms with Gasteiger partial charge in [-0.05, 0) is 24.3 Å². The van der Waals surface area contributed by atoms with E-state index < -0.39 is 29.2 Å². The van der Waals surface area contributed by atoms with Gasteiger partial charge in [-0.25, -0.2) is 8.42 Å². The van der Waals surface area contributed by atoms with Gasteiger partial charge in [0.2, 0.25) is 0 Å². The highest BCUT2D eigenvalue weighted by molar-refractivity contribution is 7.91. The molecule has 0 radical (unpaired) electrons. The maximum Gasteiger partial charge on any atom is 0.405 e. The van der Waals surface area contributed by atoms with Crippen LogP contribution in [0.3, 0.4) is 0 Å². The molecule has 0 saturated heterocycles. The van der Waals surface area contributed by atoms with Gasteiger partial charge in [0.1, 0.15) is 6.54 Å². The van der Waals surface area contributed by atoms with E-state index in [-0.39, 0.29) is 22.9 Å². The van der Waals surface area contributed by atoms with Crippen molar-refractivity contribution < 1.29 is 26.7 Å². The van der Waals surface area contributed by atoms with Crippen molar-refractivity contribution in [3.8, 4) is 0 Å². The number of rotatable bonds is 6. The van der Waals surface area contributed by atoms with Gasteiger partial charge in [0.15, 0.2) is 9.84 Å². The molecule has 0 spiro atoms. The summed E-state index contributed by atoms with van der Waals surface area (Å²) in [4.78, 5) is 1.02. The van der Waals surface area contributed by atoms with Crippen molar-refractivity contribution in [3.63, 3.8) is 0 Å². The lowest BCUT2D eigenvalue weighted by Gasteiger charge is -2.25. The van der Waals surface area contributed by atoms with Gasteiger partial charge < -0.3 is 10.0 Å². The van der Waals surface area contributed by atoms with Gasteiger partial charge in [-0.1, -0.05) is 6.92 Å². The van der Waals surface area contributed by atoms with Crippen molar-refractivity contribution in [1.82, 2.24) is 0 Å². The molecule has 0 aliphatic rings. The van der Waals surface area contributed by atoms with E-state index in [0.717, 1.165) is 4.90 Å². The van der Waals surface area contributed by atoms with Crippen LogP contribution in [0.2, 0.25) is 0 Å². The van der Waals surface area contributed by atoms with Gasteiger partial charge in [0.25, 0.3) is 0 Å². The first-order valence-electron chi connectivity index (χ1n) is 5.95. The van der Waals surface area contributed by atoms with E-state index in [4.69, 9.17) is 5.11 Å². The summed E-state index contributed by atoms with van der Waals surface area (Å²) in [6.45, 7) is -0.317. The molecule has 1 rings (SSSR count). The molecule has 0 saturated carbocycles. The average Bonchev–Trinajstić information content (AvgIpc) is 2.37. The van der Waals surface area contributed by atoms with Crippen LogP contribution in [0, 0.1) is 0 Å². The third-order valence-electron chi connectivity index (χ3n) is 2.68. The molecule has 0 aromatic heterocycles. The summed E-state index contributed by atoms with van der Waals surface area (Å²) < 4.78 is 60.5. The van der Waals surface area contributed by atoms with Gasteiger partial charge in [-0.3, -0.25) is 0 Å². The molecule has 1 aromatic rings. The summed E-state index contributed by atoms with van der Waals surface area (Å²) in [6.07, 6.45) is -4.40. The monoisotopic (exact) mass is 311 g/mol. The molecule has 1 N–H and O–H groups in total. The van der Waals surface area contributed by atoms with Crippen LogP contribution in [0.15, 0.2) is 29.2 Å². The van der Waals surface area contributed by atoms with Crippen molar-refractivity contribution >= 4 is 15.5 Å². The zero-order valence-corrected chi connectivity index (χ0v) is 11.7. The summed E-state index contributed by atoms with van der Waals surface area (Å²) in [7, 11) is -3.38. The summed E-state index contributed by atoms with van der Waals surface area (Å²) in [5, 5.41) is 8.81. The minimum absolute atomic E-state index is 0.0692. The Hall–Kier alpha value is -1.28. The number of halogens is 3. The summed E-state index contributed by atoms with van der Waals surface area (Å²) in [6, 6.07) is 5.16. The molecular formula is C12H16F3NO3S. The number of benzene rings is 1. The smallest absolute Gasteiger partial charge is 0.395 e. The average molecular weight is 311 g/mol. The second-order valence-electron chi connectivity index (χ2n) is 4.16. The van der Waals surface area contributed by atoms with Crippen LogP contribution < -0.4 is 4.90 Å². The quantitative estimate of drug-likeness (QED) is 0.871. The van der Waals surface area contributed by atoms with Crippen molar-refractivity contribution in [1.29, 1.82) is 0 Å². The minimum Gasteiger partial charge on any atom is -0.395 e. The molecule has 8 heteroatoms. The Labute approximate surface area is 115 Å². The second-order valence-corrected chi connectivity index (χ2v) is 6.44. The molecule has 0 amide bonds. The van der Waals surface area contributed by atoms with E-state index in [9.17, 15) is 21.6 Å². The molecule has 4 nitrogen and oxygen atoms in total. The maximum atomic E-state index is 12.4. The van der Waals surface area contributed by atoms with Crippen molar-refractivity contribution in [2.24, 2.45) is 0 Å². The SMILES string of the molecule is CCS(=O)(=O)c1ccc(N(CCO)CC(F)(F)F)cc1. The fourth-order valence-electron chi connectivity index (χ4n) is 1.67. The van der Waals surface area contributed by atoms with E-state index >= 15 is 0 Å². The zero-order chi connectivity index (χ0) is 15.4. The van der Waals surface area contributed by atoms with E-state index in [1.807, 2.05) is 0 Å². The van der Waals surface area contributed by atoms with Crippen molar-refractivity contribution in [3.05, 3.63) is 24.3 Å².